The van der Waals surface area contributed by atoms with E-state index in [0.29, 0.717) is 18.0 Å². The van der Waals surface area contributed by atoms with Gasteiger partial charge in [-0.1, -0.05) is 61.5 Å². The molecule has 1 saturated heterocycles. The Morgan fingerprint density at radius 2 is 1.74 bits per heavy atom. The molecule has 10 heteroatoms. The van der Waals surface area contributed by atoms with Crippen molar-refractivity contribution in [3.63, 3.8) is 0 Å². The molecule has 3 N–H and O–H groups in total. The average Bonchev–Trinajstić information content (AvgIpc) is 3.40. The summed E-state index contributed by atoms with van der Waals surface area (Å²) in [6, 6.07) is 20.1. The normalized spacial score (nSPS) is 17.7. The van der Waals surface area contributed by atoms with Gasteiger partial charge >= 0.3 is 0 Å². The van der Waals surface area contributed by atoms with E-state index in [9.17, 15) is 19.5 Å². The van der Waals surface area contributed by atoms with E-state index >= 15 is 0 Å². The van der Waals surface area contributed by atoms with E-state index in [-0.39, 0.29) is 29.0 Å². The number of carbonyl (C=O) groups excluding carboxylic acids is 3. The number of nitrogens with one attached hydrogen (secondary N) is 2. The predicted octanol–water partition coefficient (Wildman–Crippen LogP) is 3.32. The molecule has 1 heterocycles. The number of nitrogens with zero attached hydrogens (tertiary/aromatic N) is 1. The van der Waals surface area contributed by atoms with Crippen molar-refractivity contribution in [1.82, 2.24) is 15.5 Å². The lowest BCUT2D eigenvalue weighted by atomic mass is 9.99. The van der Waals surface area contributed by atoms with Crippen LogP contribution < -0.4 is 20.1 Å². The maximum absolute atomic E-state index is 13.8. The first kappa shape index (κ1) is 30.9. The van der Waals surface area contributed by atoms with E-state index in [4.69, 9.17) is 9.47 Å². The summed E-state index contributed by atoms with van der Waals surface area (Å²) in [4.78, 5) is 41.9. The van der Waals surface area contributed by atoms with E-state index in [1.807, 2.05) is 68.4 Å². The number of aryl methyl sites for hydroxylation is 1. The van der Waals surface area contributed by atoms with Crippen molar-refractivity contribution in [3.05, 3.63) is 95.1 Å². The maximum Gasteiger partial charge on any atom is 0.255 e. The second kappa shape index (κ2) is 14.2. The number of benzene rings is 3. The molecule has 0 saturated carbocycles. The number of ether oxygens (including phenoxy) is 2. The first-order valence-corrected chi connectivity index (χ1v) is 14.8. The Labute approximate surface area is 250 Å². The first-order chi connectivity index (χ1) is 20.2. The van der Waals surface area contributed by atoms with Gasteiger partial charge in [0.2, 0.25) is 5.91 Å². The molecule has 0 spiro atoms. The molecule has 1 aliphatic rings. The molecule has 3 aromatic carbocycles. The lowest BCUT2D eigenvalue weighted by Crippen LogP contribution is -2.57. The summed E-state index contributed by atoms with van der Waals surface area (Å²) in [6.45, 7) is 4.20. The zero-order valence-electron chi connectivity index (χ0n) is 24.2. The Kier molecular flexibility index (Phi) is 10.5. The highest BCUT2D eigenvalue weighted by Crippen LogP contribution is 2.30. The third-order valence-electron chi connectivity index (χ3n) is 7.43. The number of methoxy groups -OCH3 is 2. The third-order valence-corrected chi connectivity index (χ3v) is 8.64. The van der Waals surface area contributed by atoms with Gasteiger partial charge in [-0.2, -0.15) is 0 Å². The van der Waals surface area contributed by atoms with Crippen molar-refractivity contribution in [3.8, 4) is 11.5 Å². The molecule has 3 aromatic rings. The molecule has 1 aliphatic heterocycles. The van der Waals surface area contributed by atoms with Gasteiger partial charge in [-0.3, -0.25) is 14.4 Å². The Morgan fingerprint density at radius 1 is 1.02 bits per heavy atom. The van der Waals surface area contributed by atoms with Crippen molar-refractivity contribution in [1.29, 1.82) is 0 Å². The van der Waals surface area contributed by atoms with Gasteiger partial charge in [0.1, 0.15) is 17.5 Å². The smallest absolute Gasteiger partial charge is 0.255 e. The van der Waals surface area contributed by atoms with Crippen LogP contribution in [0.15, 0.2) is 72.8 Å². The quantitative estimate of drug-likeness (QED) is 0.313. The van der Waals surface area contributed by atoms with Crippen LogP contribution in [0.5, 0.6) is 11.5 Å². The van der Waals surface area contributed by atoms with Gasteiger partial charge in [0.25, 0.3) is 11.8 Å². The largest absolute Gasteiger partial charge is 0.497 e. The zero-order valence-corrected chi connectivity index (χ0v) is 25.0. The van der Waals surface area contributed by atoms with Gasteiger partial charge < -0.3 is 30.1 Å². The van der Waals surface area contributed by atoms with Crippen LogP contribution in [0.2, 0.25) is 0 Å². The maximum atomic E-state index is 13.8. The van der Waals surface area contributed by atoms with Gasteiger partial charge in [0.15, 0.2) is 6.10 Å². The van der Waals surface area contributed by atoms with Crippen LogP contribution in [0, 0.1) is 6.92 Å². The predicted molar refractivity (Wildman–Crippen MR) is 163 cm³/mol. The fourth-order valence-corrected chi connectivity index (χ4v) is 6.09. The van der Waals surface area contributed by atoms with Crippen molar-refractivity contribution < 1.29 is 29.0 Å². The molecule has 0 radical (unpaired) electrons. The Morgan fingerprint density at radius 3 is 2.43 bits per heavy atom. The molecule has 4 rings (SSSR count). The second-order valence-electron chi connectivity index (χ2n) is 10.2. The molecule has 3 amide bonds. The number of amides is 3. The lowest BCUT2D eigenvalue weighted by molar-refractivity contribution is -0.146. The third kappa shape index (κ3) is 7.24. The zero-order chi connectivity index (χ0) is 30.2. The number of rotatable bonds is 11. The van der Waals surface area contributed by atoms with Crippen LogP contribution in [0.4, 0.5) is 0 Å². The number of hydrogen-bond donors (Lipinski definition) is 3. The molecule has 9 nitrogen and oxygen atoms in total. The standard InChI is InChI=1S/C32H37N3O6S/c1-20-10-8-9-13-23(20)18-33-31(38)28-21(2)42-19-35(28)32(39)29(36)26(16-22-11-6-5-7-12-22)34-30(37)25-15-14-24(40-3)17-27(25)41-4/h5-15,17,21,26,28-29,36H,16,18-19H2,1-4H3,(H,33,38)(H,34,37)/t21?,26?,28-,29-/m0/s1. The van der Waals surface area contributed by atoms with Gasteiger partial charge in [-0.15, -0.1) is 11.8 Å². The average molecular weight is 592 g/mol. The molecule has 0 aromatic heterocycles. The number of aliphatic hydroxyl groups is 1. The topological polar surface area (TPSA) is 117 Å². The monoisotopic (exact) mass is 591 g/mol. The molecule has 222 valence electrons. The van der Waals surface area contributed by atoms with Crippen LogP contribution in [0.1, 0.15) is 34.0 Å². The summed E-state index contributed by atoms with van der Waals surface area (Å²) < 4.78 is 10.6. The van der Waals surface area contributed by atoms with Crippen LogP contribution in [0.3, 0.4) is 0 Å². The van der Waals surface area contributed by atoms with Gasteiger partial charge in [0, 0.05) is 17.9 Å². The number of aliphatic hydroxyl groups excluding tert-OH is 1. The minimum absolute atomic E-state index is 0.177. The number of hydrogen-bond acceptors (Lipinski definition) is 7. The summed E-state index contributed by atoms with van der Waals surface area (Å²) >= 11 is 1.46. The van der Waals surface area contributed by atoms with E-state index in [1.165, 1.54) is 30.9 Å². The Hall–Kier alpha value is -4.02. The van der Waals surface area contributed by atoms with Crippen LogP contribution in [0.25, 0.3) is 0 Å². The minimum atomic E-state index is -1.60. The molecule has 0 bridgehead atoms. The summed E-state index contributed by atoms with van der Waals surface area (Å²) in [5.74, 6) is -0.363. The van der Waals surface area contributed by atoms with Gasteiger partial charge in [-0.05, 0) is 42.2 Å². The molecule has 2 unspecified atom stereocenters. The van der Waals surface area contributed by atoms with E-state index in [0.717, 1.165) is 16.7 Å². The fraction of sp³-hybridized carbons (Fsp3) is 0.344. The van der Waals surface area contributed by atoms with E-state index < -0.39 is 30.0 Å². The Bertz CT molecular complexity index is 1400. The lowest BCUT2D eigenvalue weighted by Gasteiger charge is -2.31. The fourth-order valence-electron chi connectivity index (χ4n) is 4.96. The summed E-state index contributed by atoms with van der Waals surface area (Å²) in [5.41, 5.74) is 3.10. The van der Waals surface area contributed by atoms with Crippen LogP contribution in [-0.2, 0) is 22.6 Å². The summed E-state index contributed by atoms with van der Waals surface area (Å²) in [7, 11) is 2.96. The van der Waals surface area contributed by atoms with Crippen molar-refractivity contribution in [2.75, 3.05) is 20.1 Å². The van der Waals surface area contributed by atoms with Crippen molar-refractivity contribution in [2.24, 2.45) is 0 Å². The Balaban J connectivity index is 1.54. The van der Waals surface area contributed by atoms with Crippen LogP contribution in [-0.4, -0.2) is 71.3 Å². The SMILES string of the molecule is COc1ccc(C(=O)NC(Cc2ccccc2)[C@H](O)C(=O)N2CSC(C)[C@H]2C(=O)NCc2ccccc2C)c(OC)c1. The highest BCUT2D eigenvalue weighted by Gasteiger charge is 2.43. The molecular formula is C32H37N3O6S. The number of carbonyl (C=O) groups is 3. The highest BCUT2D eigenvalue weighted by atomic mass is 32.2. The van der Waals surface area contributed by atoms with Crippen LogP contribution >= 0.6 is 11.8 Å². The minimum Gasteiger partial charge on any atom is -0.497 e. The first-order valence-electron chi connectivity index (χ1n) is 13.7. The molecule has 4 atom stereocenters. The summed E-state index contributed by atoms with van der Waals surface area (Å²) in [6.07, 6.45) is -1.41. The van der Waals surface area contributed by atoms with E-state index in [1.54, 1.807) is 18.2 Å². The van der Waals surface area contributed by atoms with Crippen molar-refractivity contribution in [2.45, 2.75) is 50.3 Å². The molecular weight excluding hydrogens is 554 g/mol. The highest BCUT2D eigenvalue weighted by molar-refractivity contribution is 8.00. The van der Waals surface area contributed by atoms with E-state index in [2.05, 4.69) is 10.6 Å². The van der Waals surface area contributed by atoms with Crippen molar-refractivity contribution >= 4 is 29.5 Å². The molecule has 0 aliphatic carbocycles. The van der Waals surface area contributed by atoms with Gasteiger partial charge in [0.05, 0.1) is 31.7 Å². The second-order valence-corrected chi connectivity index (χ2v) is 11.5. The van der Waals surface area contributed by atoms with Gasteiger partial charge in [-0.25, -0.2) is 0 Å². The molecule has 42 heavy (non-hydrogen) atoms. The number of thioether (sulfide) groups is 1. The summed E-state index contributed by atoms with van der Waals surface area (Å²) in [5, 5.41) is 17.1. The molecule has 1 fully saturated rings.